The molecule has 0 bridgehead atoms. The first-order chi connectivity index (χ1) is 8.31. The number of rotatable bonds is 5. The van der Waals surface area contributed by atoms with Gasteiger partial charge in [0, 0.05) is 6.04 Å². The standard InChI is InChI=1S/C10H14BrFN2O3S/c1-2-6(5-15)14-18(16,17)10-3-7(11)8(12)4-9(10)13/h3-4,6,14-15H,2,5,13H2,1H3/t6-/m1/s1. The van der Waals surface area contributed by atoms with Crippen molar-refractivity contribution >= 4 is 31.6 Å². The molecule has 1 atom stereocenters. The van der Waals surface area contributed by atoms with E-state index in [0.717, 1.165) is 12.1 Å². The molecule has 0 spiro atoms. The monoisotopic (exact) mass is 340 g/mol. The van der Waals surface area contributed by atoms with Crippen LogP contribution < -0.4 is 10.5 Å². The second-order valence-electron chi connectivity index (χ2n) is 3.71. The number of benzene rings is 1. The van der Waals surface area contributed by atoms with E-state index in [1.807, 2.05) is 0 Å². The van der Waals surface area contributed by atoms with E-state index in [4.69, 9.17) is 10.8 Å². The van der Waals surface area contributed by atoms with Crippen LogP contribution in [0.5, 0.6) is 0 Å². The smallest absolute Gasteiger partial charge is 0.242 e. The van der Waals surface area contributed by atoms with Gasteiger partial charge in [0.15, 0.2) is 0 Å². The number of hydrogen-bond acceptors (Lipinski definition) is 4. The van der Waals surface area contributed by atoms with E-state index in [1.54, 1.807) is 6.92 Å². The lowest BCUT2D eigenvalue weighted by Crippen LogP contribution is -2.37. The van der Waals surface area contributed by atoms with E-state index >= 15 is 0 Å². The molecule has 1 rings (SSSR count). The highest BCUT2D eigenvalue weighted by Gasteiger charge is 2.22. The first-order valence-electron chi connectivity index (χ1n) is 5.19. The molecule has 0 aliphatic rings. The molecular formula is C10H14BrFN2O3S. The number of sulfonamides is 1. The summed E-state index contributed by atoms with van der Waals surface area (Å²) >= 11 is 2.90. The minimum absolute atomic E-state index is 0.00845. The first kappa shape index (κ1) is 15.4. The lowest BCUT2D eigenvalue weighted by atomic mass is 10.3. The fourth-order valence-corrected chi connectivity index (χ4v) is 3.25. The van der Waals surface area contributed by atoms with Gasteiger partial charge in [0.2, 0.25) is 10.0 Å². The van der Waals surface area contributed by atoms with Gasteiger partial charge in [-0.2, -0.15) is 0 Å². The lowest BCUT2D eigenvalue weighted by Gasteiger charge is -2.15. The normalized spacial score (nSPS) is 13.6. The molecule has 4 N–H and O–H groups in total. The van der Waals surface area contributed by atoms with Crippen molar-refractivity contribution in [2.45, 2.75) is 24.3 Å². The van der Waals surface area contributed by atoms with Crippen LogP contribution >= 0.6 is 15.9 Å². The highest BCUT2D eigenvalue weighted by molar-refractivity contribution is 9.10. The van der Waals surface area contributed by atoms with Crippen LogP contribution in [-0.2, 0) is 10.0 Å². The number of nitrogen functional groups attached to an aromatic ring is 1. The third-order valence-corrected chi connectivity index (χ3v) is 4.56. The van der Waals surface area contributed by atoms with Gasteiger partial charge in [0.05, 0.1) is 16.8 Å². The maximum Gasteiger partial charge on any atom is 0.242 e. The predicted octanol–water partition coefficient (Wildman–Crippen LogP) is 1.22. The molecule has 0 aliphatic carbocycles. The summed E-state index contributed by atoms with van der Waals surface area (Å²) in [5, 5.41) is 8.98. The maximum absolute atomic E-state index is 13.2. The highest BCUT2D eigenvalue weighted by atomic mass is 79.9. The van der Waals surface area contributed by atoms with Crippen molar-refractivity contribution in [2.24, 2.45) is 0 Å². The first-order valence-corrected chi connectivity index (χ1v) is 7.47. The van der Waals surface area contributed by atoms with Crippen molar-refractivity contribution < 1.29 is 17.9 Å². The van der Waals surface area contributed by atoms with Gasteiger partial charge in [-0.15, -0.1) is 0 Å². The Labute approximate surface area is 113 Å². The number of anilines is 1. The van der Waals surface area contributed by atoms with E-state index in [2.05, 4.69) is 20.7 Å². The topological polar surface area (TPSA) is 92.4 Å². The number of nitrogens with one attached hydrogen (secondary N) is 1. The molecular weight excluding hydrogens is 327 g/mol. The molecule has 0 heterocycles. The fraction of sp³-hybridized carbons (Fsp3) is 0.400. The van der Waals surface area contributed by atoms with E-state index in [9.17, 15) is 12.8 Å². The second kappa shape index (κ2) is 5.96. The van der Waals surface area contributed by atoms with Crippen LogP contribution in [0.2, 0.25) is 0 Å². The Morgan fingerprint density at radius 2 is 2.17 bits per heavy atom. The summed E-state index contributed by atoms with van der Waals surface area (Å²) < 4.78 is 39.5. The van der Waals surface area contributed by atoms with Gasteiger partial charge >= 0.3 is 0 Å². The van der Waals surface area contributed by atoms with Gasteiger partial charge in [-0.1, -0.05) is 6.92 Å². The zero-order valence-corrected chi connectivity index (χ0v) is 12.1. The molecule has 18 heavy (non-hydrogen) atoms. The summed E-state index contributed by atoms with van der Waals surface area (Å²) in [6.07, 6.45) is 0.429. The molecule has 0 saturated heterocycles. The van der Waals surface area contributed by atoms with Crippen molar-refractivity contribution in [3.8, 4) is 0 Å². The van der Waals surface area contributed by atoms with E-state index in [-0.39, 0.29) is 21.7 Å². The zero-order chi connectivity index (χ0) is 13.9. The van der Waals surface area contributed by atoms with Gasteiger partial charge in [0.1, 0.15) is 10.7 Å². The predicted molar refractivity (Wildman–Crippen MR) is 70.0 cm³/mol. The summed E-state index contributed by atoms with van der Waals surface area (Å²) in [5.41, 5.74) is 5.31. The molecule has 8 heteroatoms. The minimum atomic E-state index is -3.89. The minimum Gasteiger partial charge on any atom is -0.398 e. The SMILES string of the molecule is CC[C@H](CO)NS(=O)(=O)c1cc(Br)c(F)cc1N. The van der Waals surface area contributed by atoms with Crippen LogP contribution in [-0.4, -0.2) is 26.2 Å². The zero-order valence-electron chi connectivity index (χ0n) is 9.65. The Morgan fingerprint density at radius 3 is 2.67 bits per heavy atom. The quantitative estimate of drug-likeness (QED) is 0.702. The number of aliphatic hydroxyl groups is 1. The van der Waals surface area contributed by atoms with Crippen LogP contribution in [0.15, 0.2) is 21.5 Å². The average molecular weight is 341 g/mol. The number of halogens is 2. The largest absolute Gasteiger partial charge is 0.398 e. The molecule has 5 nitrogen and oxygen atoms in total. The molecule has 1 aromatic rings. The van der Waals surface area contributed by atoms with Crippen LogP contribution in [0.1, 0.15) is 13.3 Å². The average Bonchev–Trinajstić information content (AvgIpc) is 2.30. The van der Waals surface area contributed by atoms with Crippen LogP contribution in [0.25, 0.3) is 0 Å². The number of aliphatic hydroxyl groups excluding tert-OH is 1. The Kier molecular flexibility index (Phi) is 5.09. The van der Waals surface area contributed by atoms with Gasteiger partial charge < -0.3 is 10.8 Å². The third-order valence-electron chi connectivity index (χ3n) is 2.38. The number of nitrogens with two attached hydrogens (primary N) is 1. The summed E-state index contributed by atoms with van der Waals surface area (Å²) in [6.45, 7) is 1.41. The van der Waals surface area contributed by atoms with Gasteiger partial charge in [0.25, 0.3) is 0 Å². The molecule has 102 valence electrons. The van der Waals surface area contributed by atoms with E-state index < -0.39 is 21.9 Å². The van der Waals surface area contributed by atoms with Crippen LogP contribution in [0.3, 0.4) is 0 Å². The highest BCUT2D eigenvalue weighted by Crippen LogP contribution is 2.26. The molecule has 0 fully saturated rings. The summed E-state index contributed by atoms with van der Waals surface area (Å²) in [6, 6.07) is 1.42. The van der Waals surface area contributed by atoms with Crippen molar-refractivity contribution in [3.63, 3.8) is 0 Å². The molecule has 1 aromatic carbocycles. The fourth-order valence-electron chi connectivity index (χ4n) is 1.31. The van der Waals surface area contributed by atoms with Gasteiger partial charge in [-0.05, 0) is 34.5 Å². The van der Waals surface area contributed by atoms with Crippen molar-refractivity contribution in [3.05, 3.63) is 22.4 Å². The molecule has 0 aromatic heterocycles. The Bertz CT molecular complexity index is 532. The van der Waals surface area contributed by atoms with E-state index in [1.165, 1.54) is 0 Å². The summed E-state index contributed by atoms with van der Waals surface area (Å²) in [7, 11) is -3.89. The summed E-state index contributed by atoms with van der Waals surface area (Å²) in [5.74, 6) is -0.638. The van der Waals surface area contributed by atoms with Crippen molar-refractivity contribution in [2.75, 3.05) is 12.3 Å². The summed E-state index contributed by atoms with van der Waals surface area (Å²) in [4.78, 5) is -0.220. The van der Waals surface area contributed by atoms with Gasteiger partial charge in [-0.25, -0.2) is 17.5 Å². The number of hydrogen-bond donors (Lipinski definition) is 3. The Morgan fingerprint density at radius 1 is 1.56 bits per heavy atom. The molecule has 0 unspecified atom stereocenters. The molecule has 0 amide bonds. The van der Waals surface area contributed by atoms with Crippen molar-refractivity contribution in [1.82, 2.24) is 4.72 Å². The molecule has 0 saturated carbocycles. The Balaban J connectivity index is 3.16. The van der Waals surface area contributed by atoms with Crippen LogP contribution in [0, 0.1) is 5.82 Å². The third kappa shape index (κ3) is 3.41. The van der Waals surface area contributed by atoms with Crippen molar-refractivity contribution in [1.29, 1.82) is 0 Å². The maximum atomic E-state index is 13.2. The Hall–Kier alpha value is -0.700. The second-order valence-corrected chi connectivity index (χ2v) is 6.25. The lowest BCUT2D eigenvalue weighted by molar-refractivity contribution is 0.254. The van der Waals surface area contributed by atoms with Crippen LogP contribution in [0.4, 0.5) is 10.1 Å². The molecule has 0 radical (unpaired) electrons. The molecule has 0 aliphatic heterocycles. The van der Waals surface area contributed by atoms with E-state index in [0.29, 0.717) is 6.42 Å². The van der Waals surface area contributed by atoms with Gasteiger partial charge in [-0.3, -0.25) is 0 Å².